The number of hydrogen-bond donors (Lipinski definition) is 2. The van der Waals surface area contributed by atoms with Crippen molar-refractivity contribution >= 4 is 28.9 Å². The molecule has 0 atom stereocenters. The molecular weight excluding hydrogens is 296 g/mol. The SMILES string of the molecule is CCCCCCNc1nc(N)c2ncn(CC(=O)OCC)c2n1. The molecule has 2 rings (SSSR count). The normalized spacial score (nSPS) is 10.9. The van der Waals surface area contributed by atoms with Crippen molar-refractivity contribution in [1.82, 2.24) is 19.5 Å². The number of nitrogens with two attached hydrogens (primary N) is 1. The summed E-state index contributed by atoms with van der Waals surface area (Å²) in [5, 5.41) is 3.17. The lowest BCUT2D eigenvalue weighted by molar-refractivity contribution is -0.143. The maximum absolute atomic E-state index is 11.6. The Bertz CT molecular complexity index is 655. The number of fused-ring (bicyclic) bond motifs is 1. The monoisotopic (exact) mass is 320 g/mol. The fourth-order valence-corrected chi connectivity index (χ4v) is 2.26. The Morgan fingerprint density at radius 3 is 2.87 bits per heavy atom. The number of nitrogen functional groups attached to an aromatic ring is 1. The summed E-state index contributed by atoms with van der Waals surface area (Å²) >= 11 is 0. The number of anilines is 2. The highest BCUT2D eigenvalue weighted by molar-refractivity contribution is 5.84. The Morgan fingerprint density at radius 1 is 1.30 bits per heavy atom. The van der Waals surface area contributed by atoms with Gasteiger partial charge in [-0.15, -0.1) is 0 Å². The van der Waals surface area contributed by atoms with E-state index in [2.05, 4.69) is 27.2 Å². The Labute approximate surface area is 135 Å². The first-order chi connectivity index (χ1) is 11.2. The maximum Gasteiger partial charge on any atom is 0.326 e. The fourth-order valence-electron chi connectivity index (χ4n) is 2.26. The first-order valence-electron chi connectivity index (χ1n) is 8.03. The van der Waals surface area contributed by atoms with Crippen LogP contribution < -0.4 is 11.1 Å². The molecule has 0 saturated heterocycles. The number of aromatic nitrogens is 4. The zero-order chi connectivity index (χ0) is 16.7. The molecule has 2 aromatic rings. The predicted molar refractivity (Wildman–Crippen MR) is 89.0 cm³/mol. The van der Waals surface area contributed by atoms with Gasteiger partial charge in [0.25, 0.3) is 0 Å². The molecular formula is C15H24N6O2. The number of esters is 1. The highest BCUT2D eigenvalue weighted by Crippen LogP contribution is 2.18. The van der Waals surface area contributed by atoms with Crippen LogP contribution in [0.5, 0.6) is 0 Å². The van der Waals surface area contributed by atoms with Crippen molar-refractivity contribution in [2.75, 3.05) is 24.2 Å². The van der Waals surface area contributed by atoms with Gasteiger partial charge in [-0.05, 0) is 13.3 Å². The summed E-state index contributed by atoms with van der Waals surface area (Å²) in [5.41, 5.74) is 6.95. The maximum atomic E-state index is 11.6. The number of hydrogen-bond acceptors (Lipinski definition) is 7. The molecule has 0 aromatic carbocycles. The number of nitrogens with zero attached hydrogens (tertiary/aromatic N) is 4. The molecule has 0 aliphatic carbocycles. The summed E-state index contributed by atoms with van der Waals surface area (Å²) in [6.45, 7) is 5.13. The number of unbranched alkanes of at least 4 members (excludes halogenated alkanes) is 3. The first kappa shape index (κ1) is 17.0. The van der Waals surface area contributed by atoms with E-state index in [1.54, 1.807) is 11.5 Å². The molecule has 0 spiro atoms. The summed E-state index contributed by atoms with van der Waals surface area (Å²) in [7, 11) is 0. The van der Waals surface area contributed by atoms with Crippen molar-refractivity contribution in [2.24, 2.45) is 0 Å². The number of nitrogens with one attached hydrogen (secondary N) is 1. The second-order valence-electron chi connectivity index (χ2n) is 5.27. The third-order valence-corrected chi connectivity index (χ3v) is 3.41. The average molecular weight is 320 g/mol. The molecule has 0 aliphatic heterocycles. The number of carbonyl (C=O) groups is 1. The molecule has 3 N–H and O–H groups in total. The molecule has 0 aliphatic rings. The van der Waals surface area contributed by atoms with Gasteiger partial charge in [0.05, 0.1) is 12.9 Å². The van der Waals surface area contributed by atoms with Gasteiger partial charge >= 0.3 is 5.97 Å². The summed E-state index contributed by atoms with van der Waals surface area (Å²) in [4.78, 5) is 24.4. The van der Waals surface area contributed by atoms with Crippen LogP contribution in [0.1, 0.15) is 39.5 Å². The average Bonchev–Trinajstić information content (AvgIpc) is 2.91. The molecule has 0 amide bonds. The third kappa shape index (κ3) is 4.54. The predicted octanol–water partition coefficient (Wildman–Crippen LogP) is 1.96. The molecule has 0 bridgehead atoms. The topological polar surface area (TPSA) is 108 Å². The molecule has 2 heterocycles. The van der Waals surface area contributed by atoms with Crippen LogP contribution in [0.4, 0.5) is 11.8 Å². The smallest absolute Gasteiger partial charge is 0.326 e. The Morgan fingerprint density at radius 2 is 2.13 bits per heavy atom. The zero-order valence-electron chi connectivity index (χ0n) is 13.7. The van der Waals surface area contributed by atoms with E-state index in [0.717, 1.165) is 13.0 Å². The minimum Gasteiger partial charge on any atom is -0.465 e. The second-order valence-corrected chi connectivity index (χ2v) is 5.27. The van der Waals surface area contributed by atoms with Gasteiger partial charge < -0.3 is 20.4 Å². The lowest BCUT2D eigenvalue weighted by atomic mass is 10.2. The number of rotatable bonds is 9. The van der Waals surface area contributed by atoms with Crippen molar-refractivity contribution in [3.8, 4) is 0 Å². The van der Waals surface area contributed by atoms with E-state index in [4.69, 9.17) is 10.5 Å². The van der Waals surface area contributed by atoms with Gasteiger partial charge in [0, 0.05) is 6.54 Å². The van der Waals surface area contributed by atoms with Crippen molar-refractivity contribution < 1.29 is 9.53 Å². The summed E-state index contributed by atoms with van der Waals surface area (Å²) in [6, 6.07) is 0. The van der Waals surface area contributed by atoms with E-state index in [-0.39, 0.29) is 12.5 Å². The zero-order valence-corrected chi connectivity index (χ0v) is 13.7. The molecule has 8 heteroatoms. The molecule has 0 fully saturated rings. The van der Waals surface area contributed by atoms with Gasteiger partial charge in [0.2, 0.25) is 5.95 Å². The largest absolute Gasteiger partial charge is 0.465 e. The van der Waals surface area contributed by atoms with E-state index >= 15 is 0 Å². The van der Waals surface area contributed by atoms with Crippen LogP contribution in [0, 0.1) is 0 Å². The minimum absolute atomic E-state index is 0.0523. The standard InChI is InChI=1S/C15H24N6O2/c1-3-5-6-7-8-17-15-19-13(16)12-14(20-15)21(10-18-12)9-11(22)23-4-2/h10H,3-9H2,1-2H3,(H3,16,17,19,20). The van der Waals surface area contributed by atoms with Crippen molar-refractivity contribution in [3.63, 3.8) is 0 Å². The summed E-state index contributed by atoms with van der Waals surface area (Å²) < 4.78 is 6.57. The van der Waals surface area contributed by atoms with Crippen LogP contribution in [0.2, 0.25) is 0 Å². The van der Waals surface area contributed by atoms with Gasteiger partial charge in [-0.3, -0.25) is 4.79 Å². The Balaban J connectivity index is 2.09. The molecule has 0 radical (unpaired) electrons. The number of ether oxygens (including phenoxy) is 1. The van der Waals surface area contributed by atoms with Crippen LogP contribution in [-0.2, 0) is 16.1 Å². The van der Waals surface area contributed by atoms with Crippen molar-refractivity contribution in [1.29, 1.82) is 0 Å². The van der Waals surface area contributed by atoms with Crippen molar-refractivity contribution in [3.05, 3.63) is 6.33 Å². The van der Waals surface area contributed by atoms with E-state index in [9.17, 15) is 4.79 Å². The van der Waals surface area contributed by atoms with E-state index < -0.39 is 0 Å². The summed E-state index contributed by atoms with van der Waals surface area (Å²) in [5.74, 6) is 0.420. The van der Waals surface area contributed by atoms with Gasteiger partial charge in [0.1, 0.15) is 12.1 Å². The van der Waals surface area contributed by atoms with Gasteiger partial charge in [0.15, 0.2) is 11.5 Å². The van der Waals surface area contributed by atoms with E-state index in [0.29, 0.717) is 29.5 Å². The first-order valence-corrected chi connectivity index (χ1v) is 8.03. The second kappa shape index (κ2) is 8.30. The van der Waals surface area contributed by atoms with Gasteiger partial charge in [-0.25, -0.2) is 4.98 Å². The molecule has 8 nitrogen and oxygen atoms in total. The fraction of sp³-hybridized carbons (Fsp3) is 0.600. The van der Waals surface area contributed by atoms with Crippen LogP contribution in [0.25, 0.3) is 11.2 Å². The minimum atomic E-state index is -0.335. The van der Waals surface area contributed by atoms with E-state index in [1.165, 1.54) is 25.6 Å². The highest BCUT2D eigenvalue weighted by atomic mass is 16.5. The third-order valence-electron chi connectivity index (χ3n) is 3.41. The van der Waals surface area contributed by atoms with Crippen LogP contribution >= 0.6 is 0 Å². The lowest BCUT2D eigenvalue weighted by Gasteiger charge is -2.07. The van der Waals surface area contributed by atoms with Crippen LogP contribution in [0.3, 0.4) is 0 Å². The highest BCUT2D eigenvalue weighted by Gasteiger charge is 2.13. The van der Waals surface area contributed by atoms with Gasteiger partial charge in [-0.2, -0.15) is 9.97 Å². The molecule has 2 aromatic heterocycles. The van der Waals surface area contributed by atoms with Crippen LogP contribution in [0.15, 0.2) is 6.33 Å². The quantitative estimate of drug-likeness (QED) is 0.537. The Hall–Kier alpha value is -2.38. The lowest BCUT2D eigenvalue weighted by Crippen LogP contribution is -2.14. The van der Waals surface area contributed by atoms with Crippen molar-refractivity contribution in [2.45, 2.75) is 46.1 Å². The summed E-state index contributed by atoms with van der Waals surface area (Å²) in [6.07, 6.45) is 6.16. The molecule has 126 valence electrons. The number of imidazole rings is 1. The number of carbonyl (C=O) groups excluding carboxylic acids is 1. The Kier molecular flexibility index (Phi) is 6.13. The molecule has 0 unspecified atom stereocenters. The van der Waals surface area contributed by atoms with Crippen LogP contribution in [-0.4, -0.2) is 38.6 Å². The molecule has 0 saturated carbocycles. The van der Waals surface area contributed by atoms with Gasteiger partial charge in [-0.1, -0.05) is 26.2 Å². The molecule has 23 heavy (non-hydrogen) atoms. The van der Waals surface area contributed by atoms with E-state index in [1.807, 2.05) is 0 Å².